The smallest absolute Gasteiger partial charge is 0.248 e. The third kappa shape index (κ3) is 3.69. The molecule has 6 heteroatoms. The number of carbonyl (C=O) groups is 1. The van der Waals surface area contributed by atoms with Crippen molar-refractivity contribution < 1.29 is 13.6 Å². The Labute approximate surface area is 112 Å². The number of aromatic nitrogens is 1. The fourth-order valence-electron chi connectivity index (χ4n) is 1.38. The topological polar surface area (TPSA) is 42.0 Å². The van der Waals surface area contributed by atoms with E-state index in [1.807, 2.05) is 6.92 Å². The molecule has 1 aromatic carbocycles. The maximum absolute atomic E-state index is 13.3. The highest BCUT2D eigenvalue weighted by molar-refractivity contribution is 7.09. The molecule has 0 bridgehead atoms. The van der Waals surface area contributed by atoms with E-state index in [-0.39, 0.29) is 5.69 Å². The highest BCUT2D eigenvalue weighted by Gasteiger charge is 2.05. The molecule has 2 aromatic rings. The molecule has 0 unspecified atom stereocenters. The van der Waals surface area contributed by atoms with Gasteiger partial charge in [-0.1, -0.05) is 0 Å². The number of anilines is 1. The lowest BCUT2D eigenvalue weighted by atomic mass is 10.3. The van der Waals surface area contributed by atoms with Crippen LogP contribution in [0.3, 0.4) is 0 Å². The van der Waals surface area contributed by atoms with Crippen molar-refractivity contribution in [2.45, 2.75) is 6.92 Å². The molecule has 3 nitrogen and oxygen atoms in total. The van der Waals surface area contributed by atoms with Crippen molar-refractivity contribution in [1.82, 2.24) is 4.98 Å². The number of benzene rings is 1. The van der Waals surface area contributed by atoms with E-state index in [2.05, 4.69) is 10.3 Å². The molecule has 0 saturated heterocycles. The van der Waals surface area contributed by atoms with Crippen LogP contribution in [0.2, 0.25) is 0 Å². The third-order valence-corrected chi connectivity index (χ3v) is 3.02. The van der Waals surface area contributed by atoms with Crippen molar-refractivity contribution >= 4 is 29.0 Å². The average Bonchev–Trinajstić information content (AvgIpc) is 2.76. The largest absolute Gasteiger partial charge is 0.320 e. The second-order valence-electron chi connectivity index (χ2n) is 3.74. The number of nitrogens with one attached hydrogen (secondary N) is 1. The van der Waals surface area contributed by atoms with E-state index >= 15 is 0 Å². The standard InChI is InChI=1S/C13H10F2N2OS/c1-8-16-10(7-19-8)3-5-13(18)17-12-4-2-9(14)6-11(12)15/h2-7H,1H3,(H,17,18)/b5-3+. The fourth-order valence-corrected chi connectivity index (χ4v) is 1.96. The van der Waals surface area contributed by atoms with Gasteiger partial charge in [-0.25, -0.2) is 13.8 Å². The van der Waals surface area contributed by atoms with E-state index in [1.165, 1.54) is 29.6 Å². The van der Waals surface area contributed by atoms with Gasteiger partial charge in [-0.15, -0.1) is 11.3 Å². The molecule has 1 heterocycles. The van der Waals surface area contributed by atoms with Gasteiger partial charge >= 0.3 is 0 Å². The molecular weight excluding hydrogens is 270 g/mol. The molecule has 0 aliphatic rings. The van der Waals surface area contributed by atoms with Crippen LogP contribution < -0.4 is 5.32 Å². The molecule has 0 saturated carbocycles. The number of hydrogen-bond acceptors (Lipinski definition) is 3. The Morgan fingerprint density at radius 2 is 2.21 bits per heavy atom. The molecular formula is C13H10F2N2OS. The van der Waals surface area contributed by atoms with Crippen LogP contribution in [0.5, 0.6) is 0 Å². The Bertz CT molecular complexity index is 637. The van der Waals surface area contributed by atoms with Gasteiger partial charge in [-0.3, -0.25) is 4.79 Å². The monoisotopic (exact) mass is 280 g/mol. The minimum absolute atomic E-state index is 0.0643. The van der Waals surface area contributed by atoms with Crippen LogP contribution in [-0.4, -0.2) is 10.9 Å². The van der Waals surface area contributed by atoms with Crippen LogP contribution >= 0.6 is 11.3 Å². The summed E-state index contributed by atoms with van der Waals surface area (Å²) in [5.41, 5.74) is 0.600. The molecule has 2 rings (SSSR count). The normalized spacial score (nSPS) is 10.9. The molecule has 1 aromatic heterocycles. The number of amides is 1. The molecule has 0 radical (unpaired) electrons. The lowest BCUT2D eigenvalue weighted by Gasteiger charge is -2.03. The van der Waals surface area contributed by atoms with Crippen molar-refractivity contribution in [3.63, 3.8) is 0 Å². The molecule has 98 valence electrons. The molecule has 0 aliphatic heterocycles. The van der Waals surface area contributed by atoms with Crippen molar-refractivity contribution in [1.29, 1.82) is 0 Å². The number of carbonyl (C=O) groups excluding carboxylic acids is 1. The van der Waals surface area contributed by atoms with Gasteiger partial charge in [-0.2, -0.15) is 0 Å². The summed E-state index contributed by atoms with van der Waals surface area (Å²) >= 11 is 1.47. The van der Waals surface area contributed by atoms with Crippen molar-refractivity contribution in [3.8, 4) is 0 Å². The Morgan fingerprint density at radius 3 is 2.84 bits per heavy atom. The van der Waals surface area contributed by atoms with Gasteiger partial charge in [-0.05, 0) is 25.1 Å². The van der Waals surface area contributed by atoms with Gasteiger partial charge in [0.2, 0.25) is 5.91 Å². The van der Waals surface area contributed by atoms with Gasteiger partial charge in [0.25, 0.3) is 0 Å². The first kappa shape index (κ1) is 13.4. The van der Waals surface area contributed by atoms with Crippen LogP contribution in [0.15, 0.2) is 29.7 Å². The number of hydrogen-bond donors (Lipinski definition) is 1. The quantitative estimate of drug-likeness (QED) is 0.876. The number of halogens is 2. The maximum Gasteiger partial charge on any atom is 0.248 e. The molecule has 19 heavy (non-hydrogen) atoms. The summed E-state index contributed by atoms with van der Waals surface area (Å²) in [6.07, 6.45) is 2.78. The predicted molar refractivity (Wildman–Crippen MR) is 70.9 cm³/mol. The summed E-state index contributed by atoms with van der Waals surface area (Å²) in [6, 6.07) is 2.96. The van der Waals surface area contributed by atoms with Crippen LogP contribution in [-0.2, 0) is 4.79 Å². The SMILES string of the molecule is Cc1nc(/C=C/C(=O)Nc2ccc(F)cc2F)cs1. The summed E-state index contributed by atoms with van der Waals surface area (Å²) in [6.45, 7) is 1.86. The molecule has 0 aliphatic carbocycles. The van der Waals surface area contributed by atoms with E-state index in [9.17, 15) is 13.6 Å². The highest BCUT2D eigenvalue weighted by atomic mass is 32.1. The Hall–Kier alpha value is -2.08. The first-order chi connectivity index (χ1) is 9.04. The van der Waals surface area contributed by atoms with Crippen LogP contribution in [0.1, 0.15) is 10.7 Å². The van der Waals surface area contributed by atoms with Gasteiger partial charge in [0, 0.05) is 17.5 Å². The van der Waals surface area contributed by atoms with E-state index < -0.39 is 17.5 Å². The second-order valence-corrected chi connectivity index (χ2v) is 4.80. The van der Waals surface area contributed by atoms with Crippen molar-refractivity contribution in [3.05, 3.63) is 52.0 Å². The number of nitrogens with zero attached hydrogens (tertiary/aromatic N) is 1. The Kier molecular flexibility index (Phi) is 4.01. The molecule has 0 spiro atoms. The van der Waals surface area contributed by atoms with Crippen LogP contribution in [0.25, 0.3) is 6.08 Å². The maximum atomic E-state index is 13.3. The van der Waals surface area contributed by atoms with Gasteiger partial charge in [0.05, 0.1) is 16.4 Å². The first-order valence-electron chi connectivity index (χ1n) is 5.41. The summed E-state index contributed by atoms with van der Waals surface area (Å²) < 4.78 is 26.0. The summed E-state index contributed by atoms with van der Waals surface area (Å²) in [5, 5.41) is 5.02. The van der Waals surface area contributed by atoms with Crippen molar-refractivity contribution in [2.75, 3.05) is 5.32 Å². The van der Waals surface area contributed by atoms with Gasteiger partial charge in [0.15, 0.2) is 0 Å². The van der Waals surface area contributed by atoms with E-state index in [4.69, 9.17) is 0 Å². The van der Waals surface area contributed by atoms with E-state index in [1.54, 1.807) is 5.38 Å². The lowest BCUT2D eigenvalue weighted by Crippen LogP contribution is -2.09. The van der Waals surface area contributed by atoms with E-state index in [0.717, 1.165) is 11.1 Å². The molecule has 0 fully saturated rings. The summed E-state index contributed by atoms with van der Waals surface area (Å²) in [7, 11) is 0. The zero-order valence-electron chi connectivity index (χ0n) is 9.98. The third-order valence-electron chi connectivity index (χ3n) is 2.23. The molecule has 1 N–H and O–H groups in total. The Balaban J connectivity index is 2.03. The van der Waals surface area contributed by atoms with Crippen molar-refractivity contribution in [2.24, 2.45) is 0 Å². The Morgan fingerprint density at radius 1 is 1.42 bits per heavy atom. The first-order valence-corrected chi connectivity index (χ1v) is 6.29. The fraction of sp³-hybridized carbons (Fsp3) is 0.0769. The average molecular weight is 280 g/mol. The molecule has 0 atom stereocenters. The van der Waals surface area contributed by atoms with Gasteiger partial charge in [0.1, 0.15) is 11.6 Å². The number of rotatable bonds is 3. The summed E-state index contributed by atoms with van der Waals surface area (Å²) in [4.78, 5) is 15.7. The minimum atomic E-state index is -0.814. The van der Waals surface area contributed by atoms with Crippen LogP contribution in [0, 0.1) is 18.6 Å². The zero-order chi connectivity index (χ0) is 13.8. The second kappa shape index (κ2) is 5.71. The van der Waals surface area contributed by atoms with E-state index in [0.29, 0.717) is 11.8 Å². The predicted octanol–water partition coefficient (Wildman–Crippen LogP) is 3.38. The number of aryl methyl sites for hydroxylation is 1. The van der Waals surface area contributed by atoms with Crippen LogP contribution in [0.4, 0.5) is 14.5 Å². The zero-order valence-corrected chi connectivity index (χ0v) is 10.8. The molecule has 1 amide bonds. The van der Waals surface area contributed by atoms with Gasteiger partial charge < -0.3 is 5.32 Å². The number of thiazole rings is 1. The minimum Gasteiger partial charge on any atom is -0.320 e. The summed E-state index contributed by atoms with van der Waals surface area (Å²) in [5.74, 6) is -2.01. The highest BCUT2D eigenvalue weighted by Crippen LogP contribution is 2.15. The lowest BCUT2D eigenvalue weighted by molar-refractivity contribution is -0.111.